The van der Waals surface area contributed by atoms with Gasteiger partial charge in [-0.25, -0.2) is 4.39 Å². The highest BCUT2D eigenvalue weighted by Crippen LogP contribution is 2.21. The van der Waals surface area contributed by atoms with E-state index in [0.29, 0.717) is 9.86 Å². The largest absolute Gasteiger partial charge is 0.328 e. The van der Waals surface area contributed by atoms with Gasteiger partial charge in [-0.05, 0) is 33.4 Å². The molecule has 66 valence electrons. The zero-order valence-corrected chi connectivity index (χ0v) is 8.06. The van der Waals surface area contributed by atoms with Gasteiger partial charge in [0, 0.05) is 6.20 Å². The van der Waals surface area contributed by atoms with Crippen molar-refractivity contribution in [2.24, 2.45) is 0 Å². The molecular weight excluding hydrogens is 237 g/mol. The minimum Gasteiger partial charge on any atom is -0.328 e. The second-order valence-corrected chi connectivity index (χ2v) is 3.49. The molecule has 0 saturated heterocycles. The molecule has 1 heterocycles. The van der Waals surface area contributed by atoms with Crippen LogP contribution in [0.1, 0.15) is 0 Å². The number of fused-ring (bicyclic) bond motifs is 1. The highest BCUT2D eigenvalue weighted by atomic mass is 79.9. The molecule has 0 aliphatic rings. The summed E-state index contributed by atoms with van der Waals surface area (Å²) in [5.74, 6) is -0.514. The van der Waals surface area contributed by atoms with Gasteiger partial charge in [0.1, 0.15) is 0 Å². The number of pyridine rings is 1. The van der Waals surface area contributed by atoms with Crippen molar-refractivity contribution >= 4 is 26.7 Å². The van der Waals surface area contributed by atoms with Crippen LogP contribution in [0.2, 0.25) is 0 Å². The molecular formula is C9H5BrFNO. The van der Waals surface area contributed by atoms with Crippen LogP contribution in [0.15, 0.2) is 33.7 Å². The fraction of sp³-hybridized carbons (Fsp3) is 0. The van der Waals surface area contributed by atoms with E-state index < -0.39 is 11.4 Å². The molecule has 0 aliphatic carbocycles. The summed E-state index contributed by atoms with van der Waals surface area (Å²) in [5.41, 5.74) is -0.406. The van der Waals surface area contributed by atoms with E-state index in [4.69, 9.17) is 0 Å². The maximum atomic E-state index is 13.4. The van der Waals surface area contributed by atoms with Crippen LogP contribution in [0.3, 0.4) is 0 Å². The van der Waals surface area contributed by atoms with Crippen LogP contribution in [0.25, 0.3) is 10.8 Å². The van der Waals surface area contributed by atoms with E-state index in [-0.39, 0.29) is 5.39 Å². The summed E-state index contributed by atoms with van der Waals surface area (Å²) >= 11 is 3.02. The predicted molar refractivity (Wildman–Crippen MR) is 52.2 cm³/mol. The molecule has 0 spiro atoms. The molecule has 0 radical (unpaired) electrons. The van der Waals surface area contributed by atoms with Crippen LogP contribution in [-0.4, -0.2) is 4.98 Å². The number of benzene rings is 1. The normalized spacial score (nSPS) is 10.6. The van der Waals surface area contributed by atoms with Gasteiger partial charge in [-0.1, -0.05) is 6.07 Å². The van der Waals surface area contributed by atoms with Crippen LogP contribution in [0, 0.1) is 5.82 Å². The van der Waals surface area contributed by atoms with E-state index in [2.05, 4.69) is 20.9 Å². The Hall–Kier alpha value is -1.16. The number of H-pyrrole nitrogens is 1. The van der Waals surface area contributed by atoms with Gasteiger partial charge in [0.05, 0.1) is 9.86 Å². The second-order valence-electron chi connectivity index (χ2n) is 2.63. The van der Waals surface area contributed by atoms with Gasteiger partial charge in [-0.3, -0.25) is 4.79 Å². The van der Waals surface area contributed by atoms with Gasteiger partial charge >= 0.3 is 0 Å². The molecule has 2 rings (SSSR count). The molecule has 0 aliphatic heterocycles. The number of rotatable bonds is 0. The highest BCUT2D eigenvalue weighted by molar-refractivity contribution is 9.10. The van der Waals surface area contributed by atoms with E-state index >= 15 is 0 Å². The summed E-state index contributed by atoms with van der Waals surface area (Å²) in [7, 11) is 0. The van der Waals surface area contributed by atoms with Crippen molar-refractivity contribution in [3.05, 3.63) is 45.0 Å². The van der Waals surface area contributed by atoms with Gasteiger partial charge in [-0.2, -0.15) is 0 Å². The first-order valence-corrected chi connectivity index (χ1v) is 4.45. The second kappa shape index (κ2) is 2.96. The Morgan fingerprint density at radius 1 is 1.31 bits per heavy atom. The summed E-state index contributed by atoms with van der Waals surface area (Å²) in [6.45, 7) is 0. The van der Waals surface area contributed by atoms with E-state index in [0.717, 1.165) is 0 Å². The van der Waals surface area contributed by atoms with E-state index in [1.54, 1.807) is 18.2 Å². The minimum atomic E-state index is -0.514. The lowest BCUT2D eigenvalue weighted by Gasteiger charge is -1.98. The first kappa shape index (κ1) is 8.44. The summed E-state index contributed by atoms with van der Waals surface area (Å²) in [4.78, 5) is 13.7. The van der Waals surface area contributed by atoms with Gasteiger partial charge < -0.3 is 4.98 Å². The van der Waals surface area contributed by atoms with Crippen molar-refractivity contribution in [2.45, 2.75) is 0 Å². The molecule has 1 N–H and O–H groups in total. The van der Waals surface area contributed by atoms with Crippen molar-refractivity contribution in [3.8, 4) is 0 Å². The van der Waals surface area contributed by atoms with Crippen molar-refractivity contribution < 1.29 is 4.39 Å². The Labute approximate surface area is 81.5 Å². The number of nitrogens with one attached hydrogen (secondary N) is 1. The van der Waals surface area contributed by atoms with Crippen molar-refractivity contribution in [3.63, 3.8) is 0 Å². The van der Waals surface area contributed by atoms with Gasteiger partial charge in [0.25, 0.3) is 5.56 Å². The van der Waals surface area contributed by atoms with Crippen molar-refractivity contribution in [1.82, 2.24) is 4.98 Å². The Kier molecular flexibility index (Phi) is 1.92. The summed E-state index contributed by atoms with van der Waals surface area (Å²) in [5, 5.41) is 0.696. The third-order valence-electron chi connectivity index (χ3n) is 1.83. The Balaban J connectivity index is 3.06. The number of aromatic nitrogens is 1. The maximum Gasteiger partial charge on any atom is 0.258 e. The molecule has 13 heavy (non-hydrogen) atoms. The van der Waals surface area contributed by atoms with Gasteiger partial charge in [-0.15, -0.1) is 0 Å². The average molecular weight is 242 g/mol. The number of halogens is 2. The first-order valence-electron chi connectivity index (χ1n) is 3.65. The van der Waals surface area contributed by atoms with E-state index in [9.17, 15) is 9.18 Å². The van der Waals surface area contributed by atoms with Crippen LogP contribution < -0.4 is 5.56 Å². The summed E-state index contributed by atoms with van der Waals surface area (Å²) < 4.78 is 13.7. The SMILES string of the molecule is O=c1[nH]ccc2ccc(Br)c(F)c12. The predicted octanol–water partition coefficient (Wildman–Crippen LogP) is 2.43. The zero-order valence-electron chi connectivity index (χ0n) is 6.47. The van der Waals surface area contributed by atoms with Crippen molar-refractivity contribution in [1.29, 1.82) is 0 Å². The molecule has 2 nitrogen and oxygen atoms in total. The summed E-state index contributed by atoms with van der Waals surface area (Å²) in [6, 6.07) is 4.93. The summed E-state index contributed by atoms with van der Waals surface area (Å²) in [6.07, 6.45) is 1.50. The Morgan fingerprint density at radius 2 is 2.08 bits per heavy atom. The lowest BCUT2D eigenvalue weighted by Crippen LogP contribution is -2.06. The van der Waals surface area contributed by atoms with Gasteiger partial charge in [0.15, 0.2) is 5.82 Å². The van der Waals surface area contributed by atoms with Crippen LogP contribution in [0.5, 0.6) is 0 Å². The monoisotopic (exact) mass is 241 g/mol. The third kappa shape index (κ3) is 1.27. The lowest BCUT2D eigenvalue weighted by atomic mass is 10.2. The first-order chi connectivity index (χ1) is 6.20. The molecule has 0 amide bonds. The number of hydrogen-bond acceptors (Lipinski definition) is 1. The van der Waals surface area contributed by atoms with E-state index in [1.807, 2.05) is 0 Å². The van der Waals surface area contributed by atoms with Crippen LogP contribution >= 0.6 is 15.9 Å². The minimum absolute atomic E-state index is 0.0943. The van der Waals surface area contributed by atoms with Gasteiger partial charge in [0.2, 0.25) is 0 Å². The van der Waals surface area contributed by atoms with Crippen molar-refractivity contribution in [2.75, 3.05) is 0 Å². The number of hydrogen-bond donors (Lipinski definition) is 1. The fourth-order valence-corrected chi connectivity index (χ4v) is 1.54. The molecule has 0 unspecified atom stereocenters. The zero-order chi connectivity index (χ0) is 9.42. The maximum absolute atomic E-state index is 13.4. The smallest absolute Gasteiger partial charge is 0.258 e. The average Bonchev–Trinajstić information content (AvgIpc) is 2.12. The molecule has 2 aromatic rings. The standard InChI is InChI=1S/C9H5BrFNO/c10-6-2-1-5-3-4-12-9(13)7(5)8(6)11/h1-4H,(H,12,13). The molecule has 0 atom stereocenters. The topological polar surface area (TPSA) is 32.9 Å². The fourth-order valence-electron chi connectivity index (χ4n) is 1.21. The Morgan fingerprint density at radius 3 is 2.85 bits per heavy atom. The van der Waals surface area contributed by atoms with Crippen LogP contribution in [0.4, 0.5) is 4.39 Å². The highest BCUT2D eigenvalue weighted by Gasteiger charge is 2.07. The molecule has 0 saturated carbocycles. The number of aromatic amines is 1. The molecule has 1 aromatic heterocycles. The molecule has 1 aromatic carbocycles. The molecule has 4 heteroatoms. The van der Waals surface area contributed by atoms with Crippen LogP contribution in [-0.2, 0) is 0 Å². The quantitative estimate of drug-likeness (QED) is 0.756. The molecule has 0 fully saturated rings. The van der Waals surface area contributed by atoms with E-state index in [1.165, 1.54) is 6.20 Å². The lowest BCUT2D eigenvalue weighted by molar-refractivity contribution is 0.632. The Bertz CT molecular complexity index is 520. The molecule has 0 bridgehead atoms. The third-order valence-corrected chi connectivity index (χ3v) is 2.44.